The summed E-state index contributed by atoms with van der Waals surface area (Å²) >= 11 is 1.75. The number of nitrogens with zero attached hydrogens (tertiary/aromatic N) is 1. The van der Waals surface area contributed by atoms with Crippen molar-refractivity contribution < 1.29 is 0 Å². The molecule has 1 aromatic heterocycles. The van der Waals surface area contributed by atoms with Crippen molar-refractivity contribution in [3.63, 3.8) is 0 Å². The van der Waals surface area contributed by atoms with Crippen LogP contribution in [-0.2, 0) is 0 Å². The highest BCUT2D eigenvalue weighted by Gasteiger charge is 2.06. The molecule has 2 aromatic rings. The average Bonchev–Trinajstić information content (AvgIpc) is 2.59. The second kappa shape index (κ2) is 3.30. The molecule has 13 heavy (non-hydrogen) atoms. The average molecular weight is 189 g/mol. The zero-order chi connectivity index (χ0) is 9.26. The first-order valence-electron chi connectivity index (χ1n) is 4.29. The van der Waals surface area contributed by atoms with Crippen LogP contribution >= 0.6 is 11.3 Å². The molecule has 0 spiro atoms. The van der Waals surface area contributed by atoms with Gasteiger partial charge in [-0.05, 0) is 12.1 Å². The third-order valence-electron chi connectivity index (χ3n) is 2.05. The van der Waals surface area contributed by atoms with E-state index in [2.05, 4.69) is 24.6 Å². The van der Waals surface area contributed by atoms with Gasteiger partial charge in [-0.15, -0.1) is 17.9 Å². The molecule has 1 aromatic carbocycles. The van der Waals surface area contributed by atoms with Crippen LogP contribution in [0.3, 0.4) is 0 Å². The quantitative estimate of drug-likeness (QED) is 0.658. The molecule has 0 radical (unpaired) electrons. The van der Waals surface area contributed by atoms with E-state index in [0.717, 1.165) is 10.5 Å². The van der Waals surface area contributed by atoms with E-state index in [1.807, 2.05) is 24.3 Å². The van der Waals surface area contributed by atoms with Crippen LogP contribution in [0.25, 0.3) is 10.2 Å². The van der Waals surface area contributed by atoms with Crippen LogP contribution < -0.4 is 0 Å². The second-order valence-corrected chi connectivity index (χ2v) is 4.11. The molecule has 0 saturated heterocycles. The van der Waals surface area contributed by atoms with E-state index in [-0.39, 0.29) is 0 Å². The van der Waals surface area contributed by atoms with Gasteiger partial charge in [0.25, 0.3) is 0 Å². The number of aromatic nitrogens is 1. The van der Waals surface area contributed by atoms with E-state index in [1.165, 1.54) is 4.70 Å². The summed E-state index contributed by atoms with van der Waals surface area (Å²) in [4.78, 5) is 4.53. The minimum absolute atomic E-state index is 0.359. The fourth-order valence-corrected chi connectivity index (χ4v) is 2.20. The van der Waals surface area contributed by atoms with E-state index in [1.54, 1.807) is 11.3 Å². The Kier molecular flexibility index (Phi) is 2.15. The van der Waals surface area contributed by atoms with Gasteiger partial charge in [0, 0.05) is 5.92 Å². The normalized spacial score (nSPS) is 13.0. The topological polar surface area (TPSA) is 12.9 Å². The number of hydrogen-bond acceptors (Lipinski definition) is 2. The molecule has 0 aliphatic carbocycles. The van der Waals surface area contributed by atoms with Gasteiger partial charge in [0.05, 0.1) is 10.2 Å². The molecule has 0 aliphatic rings. The van der Waals surface area contributed by atoms with Crippen LogP contribution in [0.4, 0.5) is 0 Å². The monoisotopic (exact) mass is 189 g/mol. The molecule has 66 valence electrons. The van der Waals surface area contributed by atoms with Gasteiger partial charge in [-0.1, -0.05) is 25.1 Å². The highest BCUT2D eigenvalue weighted by Crippen LogP contribution is 2.27. The van der Waals surface area contributed by atoms with Crippen molar-refractivity contribution in [3.8, 4) is 0 Å². The smallest absolute Gasteiger partial charge is 0.100 e. The largest absolute Gasteiger partial charge is 0.241 e. The van der Waals surface area contributed by atoms with Crippen molar-refractivity contribution in [1.29, 1.82) is 0 Å². The van der Waals surface area contributed by atoms with Crippen molar-refractivity contribution in [3.05, 3.63) is 41.9 Å². The predicted octanol–water partition coefficient (Wildman–Crippen LogP) is 3.59. The number of fused-ring (bicyclic) bond motifs is 1. The molecular formula is C11H11NS. The first kappa shape index (κ1) is 8.45. The maximum atomic E-state index is 4.53. The fourth-order valence-electron chi connectivity index (χ4n) is 1.19. The molecule has 1 heterocycles. The molecule has 0 unspecified atom stereocenters. The second-order valence-electron chi connectivity index (χ2n) is 3.04. The molecule has 2 rings (SSSR count). The summed E-state index contributed by atoms with van der Waals surface area (Å²) in [6, 6.07) is 8.21. The number of thiazole rings is 1. The van der Waals surface area contributed by atoms with Gasteiger partial charge in [0.1, 0.15) is 5.01 Å². The minimum Gasteiger partial charge on any atom is -0.241 e. The minimum atomic E-state index is 0.359. The molecular weight excluding hydrogens is 178 g/mol. The van der Waals surface area contributed by atoms with E-state index < -0.39 is 0 Å². The fraction of sp³-hybridized carbons (Fsp3) is 0.182. The third-order valence-corrected chi connectivity index (χ3v) is 3.29. The molecule has 0 amide bonds. The summed E-state index contributed by atoms with van der Waals surface area (Å²) < 4.78 is 1.26. The van der Waals surface area contributed by atoms with Gasteiger partial charge in [0.2, 0.25) is 0 Å². The predicted molar refractivity (Wildman–Crippen MR) is 58.2 cm³/mol. The summed E-state index contributed by atoms with van der Waals surface area (Å²) in [7, 11) is 0. The van der Waals surface area contributed by atoms with Crippen LogP contribution in [-0.4, -0.2) is 4.98 Å². The zero-order valence-electron chi connectivity index (χ0n) is 7.53. The van der Waals surface area contributed by atoms with Gasteiger partial charge >= 0.3 is 0 Å². The SMILES string of the molecule is C=C[C@@H](C)c1nc2ccccc2s1. The molecule has 0 fully saturated rings. The van der Waals surface area contributed by atoms with E-state index in [4.69, 9.17) is 0 Å². The Hall–Kier alpha value is -1.15. The summed E-state index contributed by atoms with van der Waals surface area (Å²) in [6.07, 6.45) is 1.93. The standard InChI is InChI=1S/C11H11NS/c1-3-8(2)11-12-9-6-4-5-7-10(9)13-11/h3-8H,1H2,2H3/t8-/m1/s1. The summed E-state index contributed by atoms with van der Waals surface area (Å²) in [5.74, 6) is 0.359. The Morgan fingerprint density at radius 2 is 2.23 bits per heavy atom. The van der Waals surface area contributed by atoms with Crippen molar-refractivity contribution >= 4 is 21.6 Å². The lowest BCUT2D eigenvalue weighted by atomic mass is 10.2. The lowest BCUT2D eigenvalue weighted by Crippen LogP contribution is -1.84. The Labute approximate surface area is 81.7 Å². The maximum absolute atomic E-state index is 4.53. The van der Waals surface area contributed by atoms with Crippen molar-refractivity contribution in [1.82, 2.24) is 4.98 Å². The highest BCUT2D eigenvalue weighted by atomic mass is 32.1. The number of hydrogen-bond donors (Lipinski definition) is 0. The van der Waals surface area contributed by atoms with Gasteiger partial charge in [-0.25, -0.2) is 4.98 Å². The lowest BCUT2D eigenvalue weighted by Gasteiger charge is -1.96. The molecule has 0 N–H and O–H groups in total. The van der Waals surface area contributed by atoms with Gasteiger partial charge in [-0.2, -0.15) is 0 Å². The summed E-state index contributed by atoms with van der Waals surface area (Å²) in [6.45, 7) is 5.89. The number of benzene rings is 1. The first-order chi connectivity index (χ1) is 6.31. The van der Waals surface area contributed by atoms with Gasteiger partial charge in [-0.3, -0.25) is 0 Å². The van der Waals surface area contributed by atoms with Crippen molar-refractivity contribution in [2.24, 2.45) is 0 Å². The van der Waals surface area contributed by atoms with Gasteiger partial charge in [0.15, 0.2) is 0 Å². The molecule has 2 heteroatoms. The van der Waals surface area contributed by atoms with E-state index >= 15 is 0 Å². The lowest BCUT2D eigenvalue weighted by molar-refractivity contribution is 0.955. The van der Waals surface area contributed by atoms with Crippen LogP contribution in [0.1, 0.15) is 17.8 Å². The Morgan fingerprint density at radius 3 is 2.92 bits per heavy atom. The van der Waals surface area contributed by atoms with E-state index in [9.17, 15) is 0 Å². The first-order valence-corrected chi connectivity index (χ1v) is 5.11. The number of para-hydroxylation sites is 1. The number of allylic oxidation sites excluding steroid dienone is 1. The van der Waals surface area contributed by atoms with Crippen LogP contribution in [0.5, 0.6) is 0 Å². The van der Waals surface area contributed by atoms with Crippen LogP contribution in [0, 0.1) is 0 Å². The number of rotatable bonds is 2. The van der Waals surface area contributed by atoms with Crippen molar-refractivity contribution in [2.75, 3.05) is 0 Å². The van der Waals surface area contributed by atoms with Crippen molar-refractivity contribution in [2.45, 2.75) is 12.8 Å². The van der Waals surface area contributed by atoms with Crippen LogP contribution in [0.2, 0.25) is 0 Å². The summed E-state index contributed by atoms with van der Waals surface area (Å²) in [5.41, 5.74) is 1.09. The Balaban J connectivity index is 2.55. The van der Waals surface area contributed by atoms with Crippen LogP contribution in [0.15, 0.2) is 36.9 Å². The maximum Gasteiger partial charge on any atom is 0.100 e. The Bertz CT molecular complexity index is 397. The third kappa shape index (κ3) is 1.49. The molecule has 1 nitrogen and oxygen atoms in total. The van der Waals surface area contributed by atoms with E-state index in [0.29, 0.717) is 5.92 Å². The summed E-state index contributed by atoms with van der Waals surface area (Å²) in [5, 5.41) is 1.15. The van der Waals surface area contributed by atoms with Gasteiger partial charge < -0.3 is 0 Å². The molecule has 0 aliphatic heterocycles. The molecule has 0 bridgehead atoms. The highest BCUT2D eigenvalue weighted by molar-refractivity contribution is 7.18. The Morgan fingerprint density at radius 1 is 1.46 bits per heavy atom. The molecule has 0 saturated carbocycles. The zero-order valence-corrected chi connectivity index (χ0v) is 8.34. The molecule has 1 atom stereocenters.